The Hall–Kier alpha value is -1.40. The molecular weight excluding hydrogens is 264 g/mol. The van der Waals surface area contributed by atoms with E-state index in [2.05, 4.69) is 6.58 Å². The van der Waals surface area contributed by atoms with Crippen molar-refractivity contribution in [2.45, 2.75) is 31.5 Å². The maximum Gasteiger partial charge on any atom is 0.312 e. The normalized spacial score (nSPS) is 31.9. The van der Waals surface area contributed by atoms with Crippen molar-refractivity contribution < 1.29 is 28.9 Å². The van der Waals surface area contributed by atoms with Crippen LogP contribution in [0.2, 0.25) is 0 Å². The average molecular weight is 284 g/mol. The molecule has 0 bridgehead atoms. The van der Waals surface area contributed by atoms with Crippen molar-refractivity contribution in [2.75, 3.05) is 20.3 Å². The minimum atomic E-state index is -0.988. The summed E-state index contributed by atoms with van der Waals surface area (Å²) >= 11 is 0. The molecule has 1 N–H and O–H groups in total. The number of methoxy groups -OCH3 is 1. The van der Waals surface area contributed by atoms with Crippen molar-refractivity contribution in [2.24, 2.45) is 11.3 Å². The highest BCUT2D eigenvalue weighted by Gasteiger charge is 2.56. The maximum atomic E-state index is 12.2. The van der Waals surface area contributed by atoms with E-state index >= 15 is 0 Å². The van der Waals surface area contributed by atoms with Crippen LogP contribution < -0.4 is 0 Å². The molecule has 1 spiro atoms. The van der Waals surface area contributed by atoms with Gasteiger partial charge in [-0.2, -0.15) is 0 Å². The molecule has 112 valence electrons. The molecule has 0 aromatic carbocycles. The zero-order valence-corrected chi connectivity index (χ0v) is 11.6. The third kappa shape index (κ3) is 2.58. The molecule has 1 heterocycles. The monoisotopic (exact) mass is 284 g/mol. The zero-order chi connectivity index (χ0) is 14.8. The van der Waals surface area contributed by atoms with E-state index in [0.717, 1.165) is 0 Å². The van der Waals surface area contributed by atoms with Crippen LogP contribution in [0.1, 0.15) is 25.7 Å². The smallest absolute Gasteiger partial charge is 0.312 e. The topological polar surface area (TPSA) is 82.1 Å². The summed E-state index contributed by atoms with van der Waals surface area (Å²) in [6.45, 7) is 4.49. The largest absolute Gasteiger partial charge is 0.481 e. The number of carbonyl (C=O) groups excluding carboxylic acids is 1. The van der Waals surface area contributed by atoms with Crippen LogP contribution in [-0.4, -0.2) is 43.2 Å². The highest BCUT2D eigenvalue weighted by molar-refractivity contribution is 5.79. The number of aliphatic carboxylic acids is 1. The second-order valence-corrected chi connectivity index (χ2v) is 5.49. The van der Waals surface area contributed by atoms with Crippen LogP contribution in [0.5, 0.6) is 0 Å². The molecule has 2 unspecified atom stereocenters. The third-order valence-electron chi connectivity index (χ3n) is 4.12. The fraction of sp³-hybridized carbons (Fsp3) is 0.714. The van der Waals surface area contributed by atoms with Gasteiger partial charge in [0.1, 0.15) is 0 Å². The second kappa shape index (κ2) is 5.54. The van der Waals surface area contributed by atoms with Crippen LogP contribution in [0, 0.1) is 11.3 Å². The van der Waals surface area contributed by atoms with E-state index in [4.69, 9.17) is 14.2 Å². The van der Waals surface area contributed by atoms with Gasteiger partial charge in [0.15, 0.2) is 5.79 Å². The molecular formula is C14H20O6. The molecule has 1 saturated heterocycles. The van der Waals surface area contributed by atoms with E-state index in [1.807, 2.05) is 0 Å². The van der Waals surface area contributed by atoms with Gasteiger partial charge < -0.3 is 19.3 Å². The van der Waals surface area contributed by atoms with Crippen LogP contribution in [0.25, 0.3) is 0 Å². The van der Waals surface area contributed by atoms with E-state index in [0.29, 0.717) is 26.1 Å². The van der Waals surface area contributed by atoms with Crippen LogP contribution in [0.15, 0.2) is 12.7 Å². The molecule has 2 rings (SSSR count). The molecule has 1 aliphatic heterocycles. The zero-order valence-electron chi connectivity index (χ0n) is 11.6. The van der Waals surface area contributed by atoms with Crippen molar-refractivity contribution in [3.05, 3.63) is 12.7 Å². The Bertz CT molecular complexity index is 412. The number of allylic oxidation sites excluding steroid dienone is 1. The Morgan fingerprint density at radius 1 is 1.40 bits per heavy atom. The van der Waals surface area contributed by atoms with Gasteiger partial charge in [-0.3, -0.25) is 9.59 Å². The standard InChI is InChI=1S/C14H20O6/c1-3-4-13(12(17)18-2)7-10(11(15)16)8-14(9-13)19-5-6-20-14/h3,10H,1,4-9H2,2H3,(H,15,16). The maximum absolute atomic E-state index is 12.2. The van der Waals surface area contributed by atoms with Crippen molar-refractivity contribution in [3.63, 3.8) is 0 Å². The summed E-state index contributed by atoms with van der Waals surface area (Å²) < 4.78 is 16.1. The number of carbonyl (C=O) groups is 2. The predicted molar refractivity (Wildman–Crippen MR) is 68.9 cm³/mol. The molecule has 0 aromatic rings. The first-order valence-electron chi connectivity index (χ1n) is 6.67. The molecule has 2 fully saturated rings. The lowest BCUT2D eigenvalue weighted by Crippen LogP contribution is -2.51. The molecule has 6 nitrogen and oxygen atoms in total. The van der Waals surface area contributed by atoms with Gasteiger partial charge in [-0.1, -0.05) is 6.08 Å². The molecule has 2 aliphatic rings. The first-order chi connectivity index (χ1) is 9.47. The average Bonchev–Trinajstić information content (AvgIpc) is 2.85. The molecule has 1 aliphatic carbocycles. The van der Waals surface area contributed by atoms with Gasteiger partial charge in [-0.15, -0.1) is 6.58 Å². The summed E-state index contributed by atoms with van der Waals surface area (Å²) in [5, 5.41) is 9.35. The van der Waals surface area contributed by atoms with Crippen LogP contribution in [-0.2, 0) is 23.8 Å². The van der Waals surface area contributed by atoms with Crippen molar-refractivity contribution in [1.82, 2.24) is 0 Å². The lowest BCUT2D eigenvalue weighted by atomic mass is 9.65. The minimum absolute atomic E-state index is 0.218. The summed E-state index contributed by atoms with van der Waals surface area (Å²) in [7, 11) is 1.31. The number of esters is 1. The molecule has 6 heteroatoms. The minimum Gasteiger partial charge on any atom is -0.481 e. The van der Waals surface area contributed by atoms with Crippen LogP contribution in [0.4, 0.5) is 0 Å². The van der Waals surface area contributed by atoms with E-state index in [1.165, 1.54) is 7.11 Å². The van der Waals surface area contributed by atoms with Crippen LogP contribution >= 0.6 is 0 Å². The number of hydrogen-bond donors (Lipinski definition) is 1. The fourth-order valence-electron chi connectivity index (χ4n) is 3.36. The molecule has 1 saturated carbocycles. The van der Waals surface area contributed by atoms with E-state index in [1.54, 1.807) is 6.08 Å². The summed E-state index contributed by atoms with van der Waals surface area (Å²) in [6.07, 6.45) is 2.75. The number of ether oxygens (including phenoxy) is 3. The van der Waals surface area contributed by atoms with E-state index in [9.17, 15) is 14.7 Å². The second-order valence-electron chi connectivity index (χ2n) is 5.49. The quantitative estimate of drug-likeness (QED) is 0.620. The van der Waals surface area contributed by atoms with Gasteiger partial charge in [0.05, 0.1) is 31.7 Å². The van der Waals surface area contributed by atoms with Gasteiger partial charge in [-0.05, 0) is 12.8 Å². The van der Waals surface area contributed by atoms with Gasteiger partial charge >= 0.3 is 11.9 Å². The summed E-state index contributed by atoms with van der Waals surface area (Å²) in [4.78, 5) is 23.6. The Labute approximate surface area is 117 Å². The number of carboxylic acid groups (broad SMARTS) is 1. The first-order valence-corrected chi connectivity index (χ1v) is 6.67. The van der Waals surface area contributed by atoms with Crippen LogP contribution in [0.3, 0.4) is 0 Å². The van der Waals surface area contributed by atoms with Gasteiger partial charge in [0.2, 0.25) is 0 Å². The highest BCUT2D eigenvalue weighted by Crippen LogP contribution is 2.50. The lowest BCUT2D eigenvalue weighted by molar-refractivity contribution is -0.222. The lowest BCUT2D eigenvalue weighted by Gasteiger charge is -2.45. The van der Waals surface area contributed by atoms with Gasteiger partial charge in [0, 0.05) is 12.8 Å². The summed E-state index contributed by atoms with van der Waals surface area (Å²) in [6, 6.07) is 0. The van der Waals surface area contributed by atoms with E-state index in [-0.39, 0.29) is 12.8 Å². The van der Waals surface area contributed by atoms with Crippen molar-refractivity contribution in [1.29, 1.82) is 0 Å². The SMILES string of the molecule is C=CCC1(C(=O)OC)CC(C(=O)O)CC2(C1)OCCO2. The number of carboxylic acids is 1. The Morgan fingerprint density at radius 2 is 2.05 bits per heavy atom. The van der Waals surface area contributed by atoms with Crippen molar-refractivity contribution >= 4 is 11.9 Å². The highest BCUT2D eigenvalue weighted by atomic mass is 16.7. The van der Waals surface area contributed by atoms with E-state index < -0.39 is 29.1 Å². The molecule has 2 atom stereocenters. The van der Waals surface area contributed by atoms with Gasteiger partial charge in [0.25, 0.3) is 0 Å². The molecule has 0 amide bonds. The van der Waals surface area contributed by atoms with Crippen molar-refractivity contribution in [3.8, 4) is 0 Å². The molecule has 20 heavy (non-hydrogen) atoms. The number of rotatable bonds is 4. The predicted octanol–water partition coefficient (Wildman–Crippen LogP) is 1.35. The first kappa shape index (κ1) is 15.0. The number of hydrogen-bond acceptors (Lipinski definition) is 5. The molecule has 0 aromatic heterocycles. The Kier molecular flexibility index (Phi) is 4.15. The summed E-state index contributed by atoms with van der Waals surface area (Å²) in [5.41, 5.74) is -0.942. The molecule has 0 radical (unpaired) electrons. The Balaban J connectivity index is 2.36. The third-order valence-corrected chi connectivity index (χ3v) is 4.12. The Morgan fingerprint density at radius 3 is 2.55 bits per heavy atom. The van der Waals surface area contributed by atoms with Gasteiger partial charge in [-0.25, -0.2) is 0 Å². The summed E-state index contributed by atoms with van der Waals surface area (Å²) in [5.74, 6) is -3.05. The fourth-order valence-corrected chi connectivity index (χ4v) is 3.36.